The Morgan fingerprint density at radius 3 is 2.61 bits per heavy atom. The first-order valence-electron chi connectivity index (χ1n) is 5.74. The number of aliphatic carboxylic acids is 1. The Hall–Kier alpha value is -1.26. The lowest BCUT2D eigenvalue weighted by molar-refractivity contribution is -0.140. The lowest BCUT2D eigenvalue weighted by Crippen LogP contribution is -2.40. The number of nitrogens with one attached hydrogen (secondary N) is 1. The van der Waals surface area contributed by atoms with Crippen LogP contribution < -0.4 is 10.1 Å². The molecular formula is C13H18ClNO3. The number of ether oxygens (including phenoxy) is 1. The third kappa shape index (κ3) is 3.89. The Morgan fingerprint density at radius 1 is 1.50 bits per heavy atom. The Balaban J connectivity index is 2.68. The number of halogens is 1. The molecule has 1 aromatic carbocycles. The summed E-state index contributed by atoms with van der Waals surface area (Å²) in [5.41, 5.74) is 0.924. The van der Waals surface area contributed by atoms with Crippen molar-refractivity contribution in [2.24, 2.45) is 5.92 Å². The molecule has 0 aliphatic heterocycles. The van der Waals surface area contributed by atoms with E-state index >= 15 is 0 Å². The summed E-state index contributed by atoms with van der Waals surface area (Å²) in [6, 6.07) is 4.83. The lowest BCUT2D eigenvalue weighted by Gasteiger charge is -2.18. The number of carboxylic acid groups (broad SMARTS) is 1. The maximum atomic E-state index is 11.0. The smallest absolute Gasteiger partial charge is 0.320 e. The maximum Gasteiger partial charge on any atom is 0.320 e. The van der Waals surface area contributed by atoms with Crippen molar-refractivity contribution in [3.8, 4) is 5.75 Å². The zero-order chi connectivity index (χ0) is 13.7. The van der Waals surface area contributed by atoms with Gasteiger partial charge in [-0.05, 0) is 23.6 Å². The molecule has 0 fully saturated rings. The van der Waals surface area contributed by atoms with E-state index in [1.807, 2.05) is 19.9 Å². The lowest BCUT2D eigenvalue weighted by atomic mass is 10.0. The molecular weight excluding hydrogens is 254 g/mol. The predicted molar refractivity (Wildman–Crippen MR) is 71.1 cm³/mol. The van der Waals surface area contributed by atoms with Gasteiger partial charge in [-0.2, -0.15) is 0 Å². The van der Waals surface area contributed by atoms with Gasteiger partial charge < -0.3 is 15.2 Å². The van der Waals surface area contributed by atoms with E-state index < -0.39 is 12.0 Å². The van der Waals surface area contributed by atoms with Gasteiger partial charge in [0.05, 0.1) is 12.1 Å². The minimum atomic E-state index is -0.843. The van der Waals surface area contributed by atoms with E-state index in [9.17, 15) is 4.79 Å². The van der Waals surface area contributed by atoms with Gasteiger partial charge in [0, 0.05) is 6.54 Å². The molecule has 0 radical (unpaired) electrons. The van der Waals surface area contributed by atoms with Crippen molar-refractivity contribution in [1.82, 2.24) is 5.32 Å². The summed E-state index contributed by atoms with van der Waals surface area (Å²) >= 11 is 6.00. The standard InChI is InChI=1S/C13H18ClNO3/c1-8(2)12(13(16)17)15-7-9-4-5-11(18-3)10(14)6-9/h4-6,8,12,15H,7H2,1-3H3,(H,16,17). The minimum Gasteiger partial charge on any atom is -0.495 e. The maximum absolute atomic E-state index is 11.0. The third-order valence-corrected chi connectivity index (χ3v) is 2.97. The Bertz CT molecular complexity index is 421. The second-order valence-corrected chi connectivity index (χ2v) is 4.82. The largest absolute Gasteiger partial charge is 0.495 e. The van der Waals surface area contributed by atoms with Crippen LogP contribution in [0.3, 0.4) is 0 Å². The average Bonchev–Trinajstić information content (AvgIpc) is 2.28. The summed E-state index contributed by atoms with van der Waals surface area (Å²) in [5, 5.41) is 12.6. The van der Waals surface area contributed by atoms with Crippen LogP contribution in [0.4, 0.5) is 0 Å². The quantitative estimate of drug-likeness (QED) is 0.835. The van der Waals surface area contributed by atoms with Gasteiger partial charge in [0.2, 0.25) is 0 Å². The highest BCUT2D eigenvalue weighted by molar-refractivity contribution is 6.32. The molecule has 0 spiro atoms. The molecule has 0 heterocycles. The number of carboxylic acids is 1. The van der Waals surface area contributed by atoms with E-state index in [0.717, 1.165) is 5.56 Å². The second-order valence-electron chi connectivity index (χ2n) is 4.41. The zero-order valence-corrected chi connectivity index (χ0v) is 11.5. The van der Waals surface area contributed by atoms with Gasteiger partial charge in [-0.25, -0.2) is 0 Å². The van der Waals surface area contributed by atoms with E-state index in [1.165, 1.54) is 0 Å². The van der Waals surface area contributed by atoms with Crippen molar-refractivity contribution >= 4 is 17.6 Å². The van der Waals surface area contributed by atoms with E-state index in [4.69, 9.17) is 21.4 Å². The third-order valence-electron chi connectivity index (χ3n) is 2.68. The first kappa shape index (κ1) is 14.8. The fourth-order valence-corrected chi connectivity index (χ4v) is 1.94. The van der Waals surface area contributed by atoms with Crippen LogP contribution in [-0.4, -0.2) is 24.2 Å². The normalized spacial score (nSPS) is 12.5. The van der Waals surface area contributed by atoms with Crippen molar-refractivity contribution in [3.63, 3.8) is 0 Å². The molecule has 1 rings (SSSR count). The van der Waals surface area contributed by atoms with Crippen molar-refractivity contribution in [3.05, 3.63) is 28.8 Å². The molecule has 0 bridgehead atoms. The number of methoxy groups -OCH3 is 1. The number of hydrogen-bond acceptors (Lipinski definition) is 3. The molecule has 0 aliphatic rings. The fraction of sp³-hybridized carbons (Fsp3) is 0.462. The summed E-state index contributed by atoms with van der Waals surface area (Å²) in [5.74, 6) is -0.208. The van der Waals surface area contributed by atoms with Gasteiger partial charge >= 0.3 is 5.97 Å². The van der Waals surface area contributed by atoms with Crippen LogP contribution in [0.2, 0.25) is 5.02 Å². The minimum absolute atomic E-state index is 0.0243. The summed E-state index contributed by atoms with van der Waals surface area (Å²) in [6.45, 7) is 4.19. The Labute approximate surface area is 112 Å². The highest BCUT2D eigenvalue weighted by Crippen LogP contribution is 2.24. The van der Waals surface area contributed by atoms with Gasteiger partial charge in [0.25, 0.3) is 0 Å². The number of hydrogen-bond donors (Lipinski definition) is 2. The summed E-state index contributed by atoms with van der Waals surface area (Å²) < 4.78 is 5.06. The van der Waals surface area contributed by atoms with Gasteiger partial charge in [-0.1, -0.05) is 31.5 Å². The average molecular weight is 272 g/mol. The zero-order valence-electron chi connectivity index (χ0n) is 10.7. The topological polar surface area (TPSA) is 58.6 Å². The van der Waals surface area contributed by atoms with Crippen molar-refractivity contribution in [2.75, 3.05) is 7.11 Å². The molecule has 1 unspecified atom stereocenters. The predicted octanol–water partition coefficient (Wildman–Crippen LogP) is 2.55. The van der Waals surface area contributed by atoms with Crippen LogP contribution in [0, 0.1) is 5.92 Å². The van der Waals surface area contributed by atoms with Gasteiger partial charge in [-0.3, -0.25) is 4.79 Å². The monoisotopic (exact) mass is 271 g/mol. The van der Waals surface area contributed by atoms with E-state index in [-0.39, 0.29) is 5.92 Å². The molecule has 100 valence electrons. The fourth-order valence-electron chi connectivity index (χ4n) is 1.66. The molecule has 0 aromatic heterocycles. The van der Waals surface area contributed by atoms with Crippen molar-refractivity contribution < 1.29 is 14.6 Å². The molecule has 0 saturated heterocycles. The Morgan fingerprint density at radius 2 is 2.17 bits per heavy atom. The number of rotatable bonds is 6. The molecule has 0 aliphatic carbocycles. The molecule has 0 saturated carbocycles. The molecule has 5 heteroatoms. The van der Waals surface area contributed by atoms with Crippen LogP contribution in [0.1, 0.15) is 19.4 Å². The van der Waals surface area contributed by atoms with Gasteiger partial charge in [0.15, 0.2) is 0 Å². The molecule has 4 nitrogen and oxygen atoms in total. The van der Waals surface area contributed by atoms with Crippen LogP contribution in [0.5, 0.6) is 5.75 Å². The van der Waals surface area contributed by atoms with Crippen LogP contribution in [0.15, 0.2) is 18.2 Å². The molecule has 0 amide bonds. The number of benzene rings is 1. The first-order chi connectivity index (χ1) is 8.45. The van der Waals surface area contributed by atoms with Crippen LogP contribution in [0.25, 0.3) is 0 Å². The highest BCUT2D eigenvalue weighted by Gasteiger charge is 2.20. The van der Waals surface area contributed by atoms with E-state index in [0.29, 0.717) is 17.3 Å². The summed E-state index contributed by atoms with van der Waals surface area (Å²) in [4.78, 5) is 11.0. The molecule has 2 N–H and O–H groups in total. The van der Waals surface area contributed by atoms with Gasteiger partial charge in [-0.15, -0.1) is 0 Å². The van der Waals surface area contributed by atoms with Crippen molar-refractivity contribution in [2.45, 2.75) is 26.4 Å². The van der Waals surface area contributed by atoms with E-state index in [1.54, 1.807) is 19.2 Å². The SMILES string of the molecule is COc1ccc(CNC(C(=O)O)C(C)C)cc1Cl. The number of carbonyl (C=O) groups is 1. The van der Waals surface area contributed by atoms with Gasteiger partial charge in [0.1, 0.15) is 11.8 Å². The van der Waals surface area contributed by atoms with Crippen LogP contribution in [-0.2, 0) is 11.3 Å². The van der Waals surface area contributed by atoms with E-state index in [2.05, 4.69) is 5.32 Å². The first-order valence-corrected chi connectivity index (χ1v) is 6.12. The summed E-state index contributed by atoms with van der Waals surface area (Å²) in [7, 11) is 1.55. The summed E-state index contributed by atoms with van der Waals surface area (Å²) in [6.07, 6.45) is 0. The van der Waals surface area contributed by atoms with Crippen molar-refractivity contribution in [1.29, 1.82) is 0 Å². The van der Waals surface area contributed by atoms with Crippen LogP contribution >= 0.6 is 11.6 Å². The second kappa shape index (κ2) is 6.61. The molecule has 18 heavy (non-hydrogen) atoms. The highest BCUT2D eigenvalue weighted by atomic mass is 35.5. The molecule has 1 atom stereocenters. The Kier molecular flexibility index (Phi) is 5.44. The molecule has 1 aromatic rings.